The number of rotatable bonds is 6. The Balaban J connectivity index is 0.829. The molecule has 0 saturated heterocycles. The molecule has 5 heterocycles. The summed E-state index contributed by atoms with van der Waals surface area (Å²) >= 11 is 6.41. The van der Waals surface area contributed by atoms with E-state index in [1.54, 1.807) is 35.2 Å². The number of carbonyl (C=O) groups is 2. The summed E-state index contributed by atoms with van der Waals surface area (Å²) in [6.07, 6.45) is 4.49. The van der Waals surface area contributed by atoms with E-state index in [0.29, 0.717) is 52.8 Å². The van der Waals surface area contributed by atoms with E-state index in [2.05, 4.69) is 37.5 Å². The van der Waals surface area contributed by atoms with E-state index in [9.17, 15) is 24.9 Å². The molecule has 1 aliphatic heterocycles. The number of amides is 3. The zero-order chi connectivity index (χ0) is 40.1. The fourth-order valence-electron chi connectivity index (χ4n) is 9.71. The summed E-state index contributed by atoms with van der Waals surface area (Å²) in [6.45, 7) is 6.59. The topological polar surface area (TPSA) is 185 Å². The maximum Gasteiger partial charge on any atom is 0.323 e. The van der Waals surface area contributed by atoms with Gasteiger partial charge in [0, 0.05) is 86.4 Å². The molecule has 4 aromatic carbocycles. The number of aliphatic hydroxyl groups excluding tert-OH is 1. The standard InChI is InChI=1S/C45H42ClN7O5/c1-20-8-26(9-25-14-35(54)41-38(37(20)25)21(2)17-47-41)43(56)32-12-23-10-28(4-6-30(23)51-32)49-45(58)50-29-5-7-31-24(11-29)13-33(52-31)44(57)53-19-27(16-46)40-34(53)15-36(55)42-39(40)22(3)18-48-42/h4-7,10-15,17-18,20,26-27,43,47-48,51-52,54-56H,8-9,16,19H2,1-3H3,(H2,49,50,58)/t20-,26?,27-,43?/m1/s1. The zero-order valence-corrected chi connectivity index (χ0v) is 32.8. The van der Waals surface area contributed by atoms with Gasteiger partial charge in [-0.25, -0.2) is 4.79 Å². The molecule has 4 aromatic heterocycles. The van der Waals surface area contributed by atoms with Crippen molar-refractivity contribution in [2.45, 2.75) is 51.6 Å². The second-order valence-corrected chi connectivity index (χ2v) is 16.5. The largest absolute Gasteiger partial charge is 0.506 e. The lowest BCUT2D eigenvalue weighted by atomic mass is 9.73. The van der Waals surface area contributed by atoms with E-state index >= 15 is 0 Å². The van der Waals surface area contributed by atoms with Crippen molar-refractivity contribution in [1.29, 1.82) is 0 Å². The number of aromatic nitrogens is 4. The van der Waals surface area contributed by atoms with Crippen LogP contribution in [0, 0.1) is 19.8 Å². The van der Waals surface area contributed by atoms with Gasteiger partial charge in [-0.05, 0) is 121 Å². The molecule has 12 nitrogen and oxygen atoms in total. The van der Waals surface area contributed by atoms with E-state index in [4.69, 9.17) is 11.6 Å². The van der Waals surface area contributed by atoms with Crippen molar-refractivity contribution in [1.82, 2.24) is 19.9 Å². The van der Waals surface area contributed by atoms with Crippen LogP contribution >= 0.6 is 11.6 Å². The summed E-state index contributed by atoms with van der Waals surface area (Å²) < 4.78 is 0. The Morgan fingerprint density at radius 1 is 0.845 bits per heavy atom. The lowest BCUT2D eigenvalue weighted by Crippen LogP contribution is -2.30. The molecular formula is C45H42ClN7O5. The first kappa shape index (κ1) is 36.0. The third-order valence-corrected chi connectivity index (χ3v) is 12.7. The highest BCUT2D eigenvalue weighted by atomic mass is 35.5. The average molecular weight is 796 g/mol. The summed E-state index contributed by atoms with van der Waals surface area (Å²) in [7, 11) is 0. The van der Waals surface area contributed by atoms with Gasteiger partial charge in [-0.2, -0.15) is 0 Å². The van der Waals surface area contributed by atoms with Crippen molar-refractivity contribution >= 4 is 84.2 Å². The SMILES string of the molecule is Cc1c[nH]c2c(O)cc3c(c12)[C@H](CCl)CN3C(=O)c1cc2cc(NC(=O)Nc3ccc4[nH]c(C(O)C5Cc6cc(O)c7[nH]cc(C)c7c6[C@H](C)C5)cc4c3)ccc2[nH]1. The number of H-pyrrole nitrogens is 4. The number of aryl methyl sites for hydroxylation is 2. The third-order valence-electron chi connectivity index (χ3n) is 12.4. The van der Waals surface area contributed by atoms with Gasteiger partial charge in [0.2, 0.25) is 0 Å². The Kier molecular flexibility index (Phi) is 8.29. The van der Waals surface area contributed by atoms with Crippen LogP contribution in [-0.2, 0) is 6.42 Å². The molecule has 0 saturated carbocycles. The van der Waals surface area contributed by atoms with Crippen LogP contribution in [0.5, 0.6) is 11.5 Å². The first-order valence-electron chi connectivity index (χ1n) is 19.5. The number of aliphatic hydroxyl groups is 1. The number of aromatic amines is 4. The number of alkyl halides is 1. The van der Waals surface area contributed by atoms with Crippen LogP contribution in [0.3, 0.4) is 0 Å². The van der Waals surface area contributed by atoms with E-state index in [1.165, 1.54) is 5.56 Å². The molecule has 0 spiro atoms. The van der Waals surface area contributed by atoms with Crippen LogP contribution in [0.25, 0.3) is 43.6 Å². The van der Waals surface area contributed by atoms with E-state index in [0.717, 1.165) is 66.8 Å². The maximum atomic E-state index is 14.0. The number of anilines is 3. The minimum absolute atomic E-state index is 0.0448. The highest BCUT2D eigenvalue weighted by molar-refractivity contribution is 6.19. The molecule has 2 unspecified atom stereocenters. The van der Waals surface area contributed by atoms with Gasteiger partial charge in [-0.3, -0.25) is 4.79 Å². The molecule has 9 N–H and O–H groups in total. The van der Waals surface area contributed by atoms with Crippen molar-refractivity contribution < 1.29 is 24.9 Å². The molecule has 3 amide bonds. The molecule has 8 aromatic rings. The molecule has 13 heteroatoms. The lowest BCUT2D eigenvalue weighted by molar-refractivity contribution is 0.0918. The fourth-order valence-corrected chi connectivity index (χ4v) is 9.96. The van der Waals surface area contributed by atoms with Crippen LogP contribution in [-0.4, -0.2) is 59.6 Å². The van der Waals surface area contributed by atoms with Crippen molar-refractivity contribution in [3.05, 3.63) is 112 Å². The number of fused-ring (bicyclic) bond motifs is 8. The van der Waals surface area contributed by atoms with E-state index in [1.807, 2.05) is 56.6 Å². The highest BCUT2D eigenvalue weighted by Gasteiger charge is 2.37. The summed E-state index contributed by atoms with van der Waals surface area (Å²) in [5.41, 5.74) is 11.2. The number of nitrogens with one attached hydrogen (secondary N) is 6. The molecule has 0 bridgehead atoms. The predicted molar refractivity (Wildman–Crippen MR) is 229 cm³/mol. The van der Waals surface area contributed by atoms with Crippen LogP contribution in [0.4, 0.5) is 21.9 Å². The molecule has 4 atom stereocenters. The minimum atomic E-state index is -0.742. The second-order valence-electron chi connectivity index (χ2n) is 16.1. The smallest absolute Gasteiger partial charge is 0.323 e. The molecule has 0 radical (unpaired) electrons. The van der Waals surface area contributed by atoms with Gasteiger partial charge >= 0.3 is 6.03 Å². The fraction of sp³-hybridized carbons (Fsp3) is 0.244. The lowest BCUT2D eigenvalue weighted by Gasteiger charge is -2.33. The third kappa shape index (κ3) is 5.69. The summed E-state index contributed by atoms with van der Waals surface area (Å²) in [6, 6.07) is 17.7. The number of phenolic OH excluding ortho intramolecular Hbond substituents is 2. The predicted octanol–water partition coefficient (Wildman–Crippen LogP) is 9.67. The van der Waals surface area contributed by atoms with Gasteiger partial charge in [0.25, 0.3) is 5.91 Å². The monoisotopic (exact) mass is 795 g/mol. The van der Waals surface area contributed by atoms with E-state index in [-0.39, 0.29) is 35.2 Å². The molecule has 0 fully saturated rings. The minimum Gasteiger partial charge on any atom is -0.506 e. The number of phenols is 2. The van der Waals surface area contributed by atoms with Gasteiger partial charge in [0.05, 0.1) is 22.8 Å². The Bertz CT molecular complexity index is 2990. The van der Waals surface area contributed by atoms with Crippen molar-refractivity contribution in [2.75, 3.05) is 28.0 Å². The van der Waals surface area contributed by atoms with Crippen molar-refractivity contribution in [3.63, 3.8) is 0 Å². The second kappa shape index (κ2) is 13.4. The molecular weight excluding hydrogens is 754 g/mol. The van der Waals surface area contributed by atoms with E-state index < -0.39 is 12.1 Å². The van der Waals surface area contributed by atoms with Gasteiger partial charge in [0.15, 0.2) is 0 Å². The van der Waals surface area contributed by atoms with Crippen LogP contribution in [0.15, 0.2) is 73.1 Å². The Hall–Kier alpha value is -6.37. The Labute approximate surface area is 337 Å². The first-order chi connectivity index (χ1) is 27.9. The van der Waals surface area contributed by atoms with Gasteiger partial charge < -0.3 is 50.8 Å². The normalized spacial score (nSPS) is 18.3. The average Bonchev–Trinajstić information content (AvgIpc) is 4.04. The first-order valence-corrected chi connectivity index (χ1v) is 20.0. The Morgan fingerprint density at radius 2 is 1.47 bits per heavy atom. The zero-order valence-electron chi connectivity index (χ0n) is 32.0. The maximum absolute atomic E-state index is 14.0. The summed E-state index contributed by atoms with van der Waals surface area (Å²) in [5, 5.41) is 42.5. The summed E-state index contributed by atoms with van der Waals surface area (Å²) in [4.78, 5) is 41.8. The van der Waals surface area contributed by atoms with Crippen LogP contribution < -0.4 is 15.5 Å². The van der Waals surface area contributed by atoms with Gasteiger partial charge in [-0.15, -0.1) is 11.6 Å². The van der Waals surface area contributed by atoms with Gasteiger partial charge in [0.1, 0.15) is 17.2 Å². The Morgan fingerprint density at radius 3 is 2.14 bits per heavy atom. The molecule has 10 rings (SSSR count). The number of nitrogens with zero attached hydrogens (tertiary/aromatic N) is 1. The number of carbonyl (C=O) groups excluding carboxylic acids is 2. The molecule has 294 valence electrons. The number of urea groups is 1. The summed E-state index contributed by atoms with van der Waals surface area (Å²) in [5.74, 6) is 0.458. The molecule has 1 aliphatic carbocycles. The number of hydrogen-bond donors (Lipinski definition) is 9. The van der Waals surface area contributed by atoms with Crippen LogP contribution in [0.1, 0.15) is 75.3 Å². The van der Waals surface area contributed by atoms with Crippen molar-refractivity contribution in [2.24, 2.45) is 5.92 Å². The quantitative estimate of drug-likeness (QED) is 0.0758. The highest BCUT2D eigenvalue weighted by Crippen LogP contribution is 2.48. The molecule has 58 heavy (non-hydrogen) atoms. The number of hydrogen-bond acceptors (Lipinski definition) is 5. The number of benzene rings is 4. The van der Waals surface area contributed by atoms with Crippen molar-refractivity contribution in [3.8, 4) is 11.5 Å². The molecule has 2 aliphatic rings. The van der Waals surface area contributed by atoms with Gasteiger partial charge in [-0.1, -0.05) is 6.92 Å². The van der Waals surface area contributed by atoms with Crippen LogP contribution in [0.2, 0.25) is 0 Å². The number of aromatic hydroxyl groups is 2. The number of halogens is 1.